The van der Waals surface area contributed by atoms with Gasteiger partial charge in [0.2, 0.25) is 0 Å². The molecule has 0 radical (unpaired) electrons. The molecule has 1 aromatic carbocycles. The van der Waals surface area contributed by atoms with Crippen LogP contribution in [-0.2, 0) is 0 Å². The van der Waals surface area contributed by atoms with Gasteiger partial charge in [0.05, 0.1) is 0 Å². The minimum atomic E-state index is 0.135. The molecule has 1 saturated heterocycles. The van der Waals surface area contributed by atoms with Gasteiger partial charge in [-0.15, -0.1) is 0 Å². The molecule has 16 heavy (non-hydrogen) atoms. The summed E-state index contributed by atoms with van der Waals surface area (Å²) in [6, 6.07) is 6.51. The van der Waals surface area contributed by atoms with E-state index in [1.54, 1.807) is 6.92 Å². The van der Waals surface area contributed by atoms with E-state index in [0.717, 1.165) is 22.3 Å². The third kappa shape index (κ3) is 2.14. The van der Waals surface area contributed by atoms with Crippen molar-refractivity contribution in [1.29, 1.82) is 0 Å². The summed E-state index contributed by atoms with van der Waals surface area (Å²) in [7, 11) is 0. The fourth-order valence-corrected chi connectivity index (χ4v) is 2.69. The molecule has 1 aliphatic heterocycles. The Bertz CT molecular complexity index is 416. The Morgan fingerprint density at radius 1 is 1.50 bits per heavy atom. The van der Waals surface area contributed by atoms with Gasteiger partial charge >= 0.3 is 0 Å². The average Bonchev–Trinajstić information content (AvgIpc) is 2.64. The van der Waals surface area contributed by atoms with Crippen LogP contribution in [0.4, 0.5) is 5.69 Å². The predicted octanol–water partition coefficient (Wildman–Crippen LogP) is 3.64. The van der Waals surface area contributed by atoms with Crippen LogP contribution in [0.2, 0.25) is 0 Å². The maximum Gasteiger partial charge on any atom is 0.161 e. The molecule has 3 heteroatoms. The van der Waals surface area contributed by atoms with Gasteiger partial charge in [0.25, 0.3) is 0 Å². The van der Waals surface area contributed by atoms with E-state index in [1.165, 1.54) is 12.8 Å². The molecule has 1 unspecified atom stereocenters. The van der Waals surface area contributed by atoms with Crippen LogP contribution >= 0.6 is 15.9 Å². The van der Waals surface area contributed by atoms with E-state index in [1.807, 2.05) is 18.2 Å². The zero-order valence-corrected chi connectivity index (χ0v) is 11.3. The van der Waals surface area contributed by atoms with Crippen LogP contribution in [0.1, 0.15) is 37.0 Å². The van der Waals surface area contributed by atoms with Crippen molar-refractivity contribution < 1.29 is 4.79 Å². The number of carbonyl (C=O) groups excluding carboxylic acids is 1. The molecular formula is C13H16BrNO. The van der Waals surface area contributed by atoms with Crippen molar-refractivity contribution in [2.24, 2.45) is 0 Å². The third-order valence-electron chi connectivity index (χ3n) is 3.20. The Hall–Kier alpha value is -0.830. The number of Topliss-reactive ketones (excluding diaryl/α,β-unsaturated/α-hetero) is 1. The predicted molar refractivity (Wildman–Crippen MR) is 70.2 cm³/mol. The summed E-state index contributed by atoms with van der Waals surface area (Å²) < 4.78 is 0.966. The molecule has 0 bridgehead atoms. The summed E-state index contributed by atoms with van der Waals surface area (Å²) in [5.41, 5.74) is 1.91. The quantitative estimate of drug-likeness (QED) is 0.772. The topological polar surface area (TPSA) is 20.3 Å². The molecule has 0 aliphatic carbocycles. The Kier molecular flexibility index (Phi) is 3.33. The number of benzene rings is 1. The van der Waals surface area contributed by atoms with Crippen molar-refractivity contribution in [3.05, 3.63) is 28.2 Å². The fourth-order valence-electron chi connectivity index (χ4n) is 2.33. The van der Waals surface area contributed by atoms with Crippen LogP contribution in [0.25, 0.3) is 0 Å². The second kappa shape index (κ2) is 4.58. The van der Waals surface area contributed by atoms with Gasteiger partial charge in [-0.1, -0.05) is 15.9 Å². The van der Waals surface area contributed by atoms with E-state index in [9.17, 15) is 4.79 Å². The van der Waals surface area contributed by atoms with Gasteiger partial charge in [-0.2, -0.15) is 0 Å². The van der Waals surface area contributed by atoms with Crippen LogP contribution in [-0.4, -0.2) is 18.4 Å². The molecule has 0 N–H and O–H groups in total. The smallest absolute Gasteiger partial charge is 0.161 e. The molecule has 2 nitrogen and oxygen atoms in total. The lowest BCUT2D eigenvalue weighted by molar-refractivity contribution is 0.101. The maximum absolute atomic E-state index is 11.6. The molecule has 1 aliphatic rings. The summed E-state index contributed by atoms with van der Waals surface area (Å²) in [6.45, 7) is 4.91. The molecule has 0 saturated carbocycles. The van der Waals surface area contributed by atoms with Gasteiger partial charge in [0.1, 0.15) is 0 Å². The van der Waals surface area contributed by atoms with Crippen molar-refractivity contribution in [2.75, 3.05) is 11.4 Å². The number of anilines is 1. The highest BCUT2D eigenvalue weighted by molar-refractivity contribution is 9.10. The highest BCUT2D eigenvalue weighted by Crippen LogP contribution is 2.30. The number of hydrogen-bond acceptors (Lipinski definition) is 2. The number of carbonyl (C=O) groups is 1. The number of ketones is 1. The molecule has 0 aromatic heterocycles. The lowest BCUT2D eigenvalue weighted by Crippen LogP contribution is -2.27. The largest absolute Gasteiger partial charge is 0.368 e. The van der Waals surface area contributed by atoms with Crippen LogP contribution < -0.4 is 4.90 Å². The Morgan fingerprint density at radius 2 is 2.25 bits per heavy atom. The molecule has 0 amide bonds. The second-order valence-electron chi connectivity index (χ2n) is 4.40. The van der Waals surface area contributed by atoms with E-state index in [-0.39, 0.29) is 5.78 Å². The number of hydrogen-bond donors (Lipinski definition) is 0. The van der Waals surface area contributed by atoms with E-state index in [0.29, 0.717) is 6.04 Å². The number of rotatable bonds is 2. The summed E-state index contributed by atoms with van der Waals surface area (Å²) in [6.07, 6.45) is 2.43. The second-order valence-corrected chi connectivity index (χ2v) is 5.32. The Labute approximate surface area is 105 Å². The highest BCUT2D eigenvalue weighted by atomic mass is 79.9. The van der Waals surface area contributed by atoms with E-state index in [4.69, 9.17) is 0 Å². The number of halogens is 1. The summed E-state index contributed by atoms with van der Waals surface area (Å²) in [4.78, 5) is 14.0. The first kappa shape index (κ1) is 11.6. The summed E-state index contributed by atoms with van der Waals surface area (Å²) in [5.74, 6) is 0.135. The molecule has 1 aromatic rings. The maximum atomic E-state index is 11.6. The van der Waals surface area contributed by atoms with Crippen LogP contribution in [0.15, 0.2) is 22.7 Å². The minimum absolute atomic E-state index is 0.135. The van der Waals surface area contributed by atoms with Gasteiger partial charge < -0.3 is 4.90 Å². The van der Waals surface area contributed by atoms with Crippen LogP contribution in [0.5, 0.6) is 0 Å². The third-order valence-corrected chi connectivity index (χ3v) is 3.69. The van der Waals surface area contributed by atoms with Crippen molar-refractivity contribution >= 4 is 27.4 Å². The van der Waals surface area contributed by atoms with E-state index in [2.05, 4.69) is 27.8 Å². The zero-order chi connectivity index (χ0) is 11.7. The molecule has 2 rings (SSSR count). The van der Waals surface area contributed by atoms with Crippen molar-refractivity contribution in [3.8, 4) is 0 Å². The monoisotopic (exact) mass is 281 g/mol. The highest BCUT2D eigenvalue weighted by Gasteiger charge is 2.23. The molecular weight excluding hydrogens is 266 g/mol. The Balaban J connectivity index is 2.43. The molecule has 1 fully saturated rings. The number of nitrogens with zero attached hydrogens (tertiary/aromatic N) is 1. The van der Waals surface area contributed by atoms with Gasteiger partial charge in [-0.05, 0) is 44.9 Å². The van der Waals surface area contributed by atoms with E-state index < -0.39 is 0 Å². The van der Waals surface area contributed by atoms with Crippen molar-refractivity contribution in [2.45, 2.75) is 32.7 Å². The summed E-state index contributed by atoms with van der Waals surface area (Å²) in [5, 5.41) is 0. The lowest BCUT2D eigenvalue weighted by atomic mass is 10.1. The van der Waals surface area contributed by atoms with Crippen LogP contribution in [0.3, 0.4) is 0 Å². The fraction of sp³-hybridized carbons (Fsp3) is 0.462. The lowest BCUT2D eigenvalue weighted by Gasteiger charge is -2.25. The zero-order valence-electron chi connectivity index (χ0n) is 9.66. The minimum Gasteiger partial charge on any atom is -0.368 e. The van der Waals surface area contributed by atoms with Gasteiger partial charge in [0, 0.05) is 28.3 Å². The molecule has 86 valence electrons. The molecule has 0 spiro atoms. The van der Waals surface area contributed by atoms with Crippen molar-refractivity contribution in [1.82, 2.24) is 0 Å². The molecule has 1 heterocycles. The SMILES string of the molecule is CC(=O)c1cc(Br)ccc1N1CCCC1C. The van der Waals surface area contributed by atoms with Gasteiger partial charge in [-0.25, -0.2) is 0 Å². The van der Waals surface area contributed by atoms with Crippen molar-refractivity contribution in [3.63, 3.8) is 0 Å². The van der Waals surface area contributed by atoms with E-state index >= 15 is 0 Å². The first-order valence-electron chi connectivity index (χ1n) is 5.66. The molecule has 1 atom stereocenters. The summed E-state index contributed by atoms with van der Waals surface area (Å²) >= 11 is 3.42. The Morgan fingerprint density at radius 3 is 2.81 bits per heavy atom. The normalized spacial score (nSPS) is 20.2. The standard InChI is InChI=1S/C13H16BrNO/c1-9-4-3-7-15(9)13-6-5-11(14)8-12(13)10(2)16/h5-6,8-9H,3-4,7H2,1-2H3. The van der Waals surface area contributed by atoms with Gasteiger partial charge in [-0.3, -0.25) is 4.79 Å². The van der Waals surface area contributed by atoms with Crippen LogP contribution in [0, 0.1) is 0 Å². The first-order valence-corrected chi connectivity index (χ1v) is 6.46. The average molecular weight is 282 g/mol. The van der Waals surface area contributed by atoms with Gasteiger partial charge in [0.15, 0.2) is 5.78 Å². The first-order chi connectivity index (χ1) is 7.59.